The van der Waals surface area contributed by atoms with Crippen LogP contribution in [-0.2, 0) is 15.0 Å². The van der Waals surface area contributed by atoms with Crippen LogP contribution in [0, 0.1) is 0 Å². The van der Waals surface area contributed by atoms with Gasteiger partial charge < -0.3 is 0 Å². The molecule has 1 rings (SSSR count). The monoisotopic (exact) mass is 234 g/mol. The molecule has 1 aliphatic heterocycles. The van der Waals surface area contributed by atoms with E-state index in [2.05, 4.69) is 24.0 Å². The Bertz CT molecular complexity index is 369. The molecule has 0 aromatic heterocycles. The van der Waals surface area contributed by atoms with Gasteiger partial charge in [-0.3, -0.25) is 4.79 Å². The molecular formula is C7H14N2O3SSi. The number of carbonyl (C=O) groups is 1. The highest BCUT2D eigenvalue weighted by Gasteiger charge is 2.32. The molecule has 0 unspecified atom stereocenters. The predicted octanol–water partition coefficient (Wildman–Crippen LogP) is 0.482. The van der Waals surface area contributed by atoms with E-state index < -0.39 is 24.2 Å². The minimum Gasteiger partial charge on any atom is -0.267 e. The van der Waals surface area contributed by atoms with Gasteiger partial charge >= 0.3 is 10.2 Å². The standard InChI is InChI=1S/C7H14N2O3SSi/c1-14(2,3)5-4-9-7(10)6-8-13(9,11)12/h6H,4-5H2,1-3H3. The summed E-state index contributed by atoms with van der Waals surface area (Å²) in [6.07, 6.45) is 0.861. The Hall–Kier alpha value is -0.693. The molecule has 5 nitrogen and oxygen atoms in total. The molecule has 0 N–H and O–H groups in total. The maximum Gasteiger partial charge on any atom is 0.347 e. The van der Waals surface area contributed by atoms with E-state index in [1.807, 2.05) is 0 Å². The van der Waals surface area contributed by atoms with Crippen LogP contribution in [0.5, 0.6) is 0 Å². The first-order valence-corrected chi connectivity index (χ1v) is 9.45. The van der Waals surface area contributed by atoms with E-state index in [0.29, 0.717) is 0 Å². The molecule has 0 fully saturated rings. The number of nitrogens with zero attached hydrogens (tertiary/aromatic N) is 2. The Balaban J connectivity index is 2.67. The maximum absolute atomic E-state index is 11.2. The van der Waals surface area contributed by atoms with Gasteiger partial charge in [-0.1, -0.05) is 19.6 Å². The summed E-state index contributed by atoms with van der Waals surface area (Å²) < 4.78 is 26.4. The quantitative estimate of drug-likeness (QED) is 0.667. The molecule has 0 aliphatic carbocycles. The van der Waals surface area contributed by atoms with Gasteiger partial charge in [-0.2, -0.15) is 8.42 Å². The van der Waals surface area contributed by atoms with Gasteiger partial charge in [-0.05, 0) is 6.04 Å². The van der Waals surface area contributed by atoms with Crippen molar-refractivity contribution in [3.63, 3.8) is 0 Å². The second kappa shape index (κ2) is 3.47. The van der Waals surface area contributed by atoms with Crippen molar-refractivity contribution in [2.45, 2.75) is 25.7 Å². The lowest BCUT2D eigenvalue weighted by Gasteiger charge is -2.19. The van der Waals surface area contributed by atoms with E-state index in [1.54, 1.807) is 0 Å². The van der Waals surface area contributed by atoms with E-state index in [9.17, 15) is 13.2 Å². The van der Waals surface area contributed by atoms with Crippen molar-refractivity contribution < 1.29 is 13.2 Å². The lowest BCUT2D eigenvalue weighted by molar-refractivity contribution is -0.118. The maximum atomic E-state index is 11.2. The normalized spacial score (nSPS) is 20.5. The summed E-state index contributed by atoms with van der Waals surface area (Å²) in [5.41, 5.74) is 0. The topological polar surface area (TPSA) is 66.8 Å². The minimum atomic E-state index is -3.68. The van der Waals surface area contributed by atoms with Gasteiger partial charge in [0.2, 0.25) is 0 Å². The summed E-state index contributed by atoms with van der Waals surface area (Å²) in [5.74, 6) is -0.525. The first-order chi connectivity index (χ1) is 6.22. The third-order valence-corrected chi connectivity index (χ3v) is 4.90. The molecule has 0 aromatic carbocycles. The summed E-state index contributed by atoms with van der Waals surface area (Å²) in [5, 5.41) is 0. The Morgan fingerprint density at radius 1 is 1.43 bits per heavy atom. The lowest BCUT2D eigenvalue weighted by Crippen LogP contribution is -2.35. The zero-order chi connectivity index (χ0) is 11.0. The Labute approximate surface area is 85.0 Å². The molecule has 0 saturated carbocycles. The Kier molecular flexibility index (Phi) is 2.82. The van der Waals surface area contributed by atoms with Crippen LogP contribution in [0.2, 0.25) is 25.7 Å². The number of rotatable bonds is 3. The van der Waals surface area contributed by atoms with E-state index in [-0.39, 0.29) is 6.54 Å². The molecule has 0 aromatic rings. The van der Waals surface area contributed by atoms with Crippen molar-refractivity contribution in [1.29, 1.82) is 0 Å². The molecule has 1 amide bonds. The van der Waals surface area contributed by atoms with E-state index >= 15 is 0 Å². The molecule has 14 heavy (non-hydrogen) atoms. The summed E-state index contributed by atoms with van der Waals surface area (Å²) in [4.78, 5) is 11.1. The summed E-state index contributed by atoms with van der Waals surface area (Å²) in [6.45, 7) is 6.64. The van der Waals surface area contributed by atoms with Crippen molar-refractivity contribution in [3.05, 3.63) is 0 Å². The zero-order valence-corrected chi connectivity index (χ0v) is 10.3. The first kappa shape index (κ1) is 11.4. The van der Waals surface area contributed by atoms with Gasteiger partial charge in [0.05, 0.1) is 0 Å². The van der Waals surface area contributed by atoms with Crippen LogP contribution in [0.1, 0.15) is 0 Å². The fourth-order valence-electron chi connectivity index (χ4n) is 1.01. The van der Waals surface area contributed by atoms with Gasteiger partial charge in [-0.25, -0.2) is 4.31 Å². The fourth-order valence-corrected chi connectivity index (χ4v) is 3.00. The highest BCUT2D eigenvalue weighted by atomic mass is 32.2. The molecular weight excluding hydrogens is 220 g/mol. The third kappa shape index (κ3) is 2.65. The molecule has 80 valence electrons. The van der Waals surface area contributed by atoms with Gasteiger partial charge in [0.1, 0.15) is 6.21 Å². The van der Waals surface area contributed by atoms with Gasteiger partial charge in [0.15, 0.2) is 0 Å². The Morgan fingerprint density at radius 2 is 2.00 bits per heavy atom. The first-order valence-electron chi connectivity index (χ1n) is 4.34. The number of amides is 1. The largest absolute Gasteiger partial charge is 0.347 e. The van der Waals surface area contributed by atoms with Crippen LogP contribution in [0.25, 0.3) is 0 Å². The fraction of sp³-hybridized carbons (Fsp3) is 0.714. The van der Waals surface area contributed by atoms with E-state index in [0.717, 1.165) is 16.6 Å². The van der Waals surface area contributed by atoms with Crippen molar-refractivity contribution in [2.24, 2.45) is 4.40 Å². The van der Waals surface area contributed by atoms with Gasteiger partial charge in [-0.15, -0.1) is 4.40 Å². The number of hydrogen-bond acceptors (Lipinski definition) is 3. The second-order valence-electron chi connectivity index (χ2n) is 4.43. The van der Waals surface area contributed by atoms with Gasteiger partial charge in [0.25, 0.3) is 5.91 Å². The minimum absolute atomic E-state index is 0.261. The van der Waals surface area contributed by atoms with Crippen molar-refractivity contribution >= 4 is 30.4 Å². The SMILES string of the molecule is C[Si](C)(C)CCN1C(=O)C=NS1(=O)=O. The van der Waals surface area contributed by atoms with Crippen LogP contribution in [0.4, 0.5) is 0 Å². The van der Waals surface area contributed by atoms with Crippen LogP contribution < -0.4 is 0 Å². The summed E-state index contributed by atoms with van der Waals surface area (Å²) in [7, 11) is -5.01. The predicted molar refractivity (Wildman–Crippen MR) is 57.3 cm³/mol. The van der Waals surface area contributed by atoms with Crippen LogP contribution in [0.15, 0.2) is 4.40 Å². The lowest BCUT2D eigenvalue weighted by atomic mass is 10.6. The Morgan fingerprint density at radius 3 is 2.36 bits per heavy atom. The number of hydrogen-bond donors (Lipinski definition) is 0. The van der Waals surface area contributed by atoms with Gasteiger partial charge in [0, 0.05) is 14.6 Å². The molecule has 0 radical (unpaired) electrons. The molecule has 0 saturated heterocycles. The van der Waals surface area contributed by atoms with E-state index in [4.69, 9.17) is 0 Å². The zero-order valence-electron chi connectivity index (χ0n) is 8.52. The van der Waals surface area contributed by atoms with Crippen LogP contribution >= 0.6 is 0 Å². The van der Waals surface area contributed by atoms with Crippen molar-refractivity contribution in [2.75, 3.05) is 6.54 Å². The average molecular weight is 234 g/mol. The summed E-state index contributed by atoms with van der Waals surface area (Å²) in [6, 6.07) is 0.765. The van der Waals surface area contributed by atoms with Crippen LogP contribution in [-0.4, -0.2) is 39.5 Å². The molecule has 1 heterocycles. The highest BCUT2D eigenvalue weighted by Crippen LogP contribution is 2.15. The smallest absolute Gasteiger partial charge is 0.267 e. The summed E-state index contributed by atoms with van der Waals surface area (Å²) >= 11 is 0. The van der Waals surface area contributed by atoms with Crippen LogP contribution in [0.3, 0.4) is 0 Å². The molecule has 0 atom stereocenters. The van der Waals surface area contributed by atoms with E-state index in [1.165, 1.54) is 0 Å². The molecule has 1 aliphatic rings. The van der Waals surface area contributed by atoms with Crippen molar-refractivity contribution in [3.8, 4) is 0 Å². The third-order valence-electron chi connectivity index (χ3n) is 1.89. The highest BCUT2D eigenvalue weighted by molar-refractivity contribution is 7.89. The molecule has 0 spiro atoms. The average Bonchev–Trinajstić information content (AvgIpc) is 2.22. The number of carbonyl (C=O) groups excluding carboxylic acids is 1. The van der Waals surface area contributed by atoms with Crippen molar-refractivity contribution in [1.82, 2.24) is 4.31 Å². The second-order valence-corrected chi connectivity index (χ2v) is 11.6. The molecule has 0 bridgehead atoms. The molecule has 7 heteroatoms.